The lowest BCUT2D eigenvalue weighted by molar-refractivity contribution is -0.156. The van der Waals surface area contributed by atoms with Crippen molar-refractivity contribution in [2.75, 3.05) is 6.54 Å². The van der Waals surface area contributed by atoms with E-state index in [-0.39, 0.29) is 24.3 Å². The summed E-state index contributed by atoms with van der Waals surface area (Å²) in [5, 5.41) is 11.5. The molecule has 0 bridgehead atoms. The second kappa shape index (κ2) is 5.79. The van der Waals surface area contributed by atoms with Gasteiger partial charge in [-0.1, -0.05) is 13.8 Å². The molecule has 2 heterocycles. The van der Waals surface area contributed by atoms with Gasteiger partial charge in [-0.15, -0.1) is 11.3 Å². The summed E-state index contributed by atoms with van der Waals surface area (Å²) in [6.45, 7) is 8.09. The van der Waals surface area contributed by atoms with Crippen LogP contribution in [0.15, 0.2) is 11.4 Å². The molecule has 1 aromatic heterocycles. The Morgan fingerprint density at radius 1 is 1.52 bits per heavy atom. The molecule has 0 saturated heterocycles. The summed E-state index contributed by atoms with van der Waals surface area (Å²) in [5.74, 6) is -1.04. The lowest BCUT2D eigenvalue weighted by atomic mass is 9.76. The summed E-state index contributed by atoms with van der Waals surface area (Å²) in [6, 6.07) is 2.11. The van der Waals surface area contributed by atoms with Gasteiger partial charge in [-0.05, 0) is 43.2 Å². The van der Waals surface area contributed by atoms with Gasteiger partial charge in [-0.25, -0.2) is 0 Å². The van der Waals surface area contributed by atoms with E-state index < -0.39 is 11.4 Å². The molecular weight excluding hydrogens is 286 g/mol. The number of thiophene rings is 1. The van der Waals surface area contributed by atoms with E-state index in [0.717, 1.165) is 6.42 Å². The summed E-state index contributed by atoms with van der Waals surface area (Å²) in [4.78, 5) is 27.4. The molecule has 2 atom stereocenters. The summed E-state index contributed by atoms with van der Waals surface area (Å²) in [6.07, 6.45) is 0.929. The Balaban J connectivity index is 2.16. The van der Waals surface area contributed by atoms with E-state index in [2.05, 4.69) is 11.4 Å². The Morgan fingerprint density at radius 3 is 2.76 bits per heavy atom. The van der Waals surface area contributed by atoms with Crippen LogP contribution in [-0.2, 0) is 16.0 Å². The van der Waals surface area contributed by atoms with Crippen molar-refractivity contribution in [1.29, 1.82) is 0 Å². The van der Waals surface area contributed by atoms with Gasteiger partial charge in [0.1, 0.15) is 0 Å². The van der Waals surface area contributed by atoms with Crippen LogP contribution in [0.5, 0.6) is 0 Å². The van der Waals surface area contributed by atoms with Crippen LogP contribution in [0, 0.1) is 11.3 Å². The van der Waals surface area contributed by atoms with Gasteiger partial charge in [-0.2, -0.15) is 0 Å². The molecular formula is C16H23NO3S. The highest BCUT2D eigenvalue weighted by atomic mass is 32.1. The molecule has 0 saturated carbocycles. The summed E-state index contributed by atoms with van der Waals surface area (Å²) in [5.41, 5.74) is 0.201. The predicted molar refractivity (Wildman–Crippen MR) is 83.3 cm³/mol. The van der Waals surface area contributed by atoms with E-state index in [1.54, 1.807) is 18.3 Å². The Morgan fingerprint density at radius 2 is 2.19 bits per heavy atom. The van der Waals surface area contributed by atoms with Crippen molar-refractivity contribution >= 4 is 23.2 Å². The number of hydrogen-bond acceptors (Lipinski definition) is 3. The predicted octanol–water partition coefficient (Wildman–Crippen LogP) is 3.33. The fraction of sp³-hybridized carbons (Fsp3) is 0.625. The molecule has 2 unspecified atom stereocenters. The van der Waals surface area contributed by atoms with Gasteiger partial charge in [0, 0.05) is 17.8 Å². The number of carbonyl (C=O) groups is 2. The van der Waals surface area contributed by atoms with Crippen molar-refractivity contribution in [1.82, 2.24) is 4.90 Å². The smallest absolute Gasteiger partial charge is 0.310 e. The van der Waals surface area contributed by atoms with E-state index in [1.807, 2.05) is 25.7 Å². The van der Waals surface area contributed by atoms with Gasteiger partial charge in [0.15, 0.2) is 0 Å². The zero-order chi connectivity index (χ0) is 15.8. The minimum absolute atomic E-state index is 0.0395. The second-order valence-electron chi connectivity index (χ2n) is 6.37. The van der Waals surface area contributed by atoms with Gasteiger partial charge in [0.05, 0.1) is 11.5 Å². The first-order valence-corrected chi connectivity index (χ1v) is 8.24. The normalized spacial score (nSPS) is 21.0. The molecule has 0 radical (unpaired) electrons. The Hall–Kier alpha value is -1.36. The average Bonchev–Trinajstić information content (AvgIpc) is 2.87. The van der Waals surface area contributed by atoms with Gasteiger partial charge in [-0.3, -0.25) is 9.59 Å². The largest absolute Gasteiger partial charge is 0.481 e. The molecule has 1 N–H and O–H groups in total. The monoisotopic (exact) mass is 309 g/mol. The first kappa shape index (κ1) is 16.0. The van der Waals surface area contributed by atoms with Crippen LogP contribution in [0.3, 0.4) is 0 Å². The maximum atomic E-state index is 12.6. The fourth-order valence-electron chi connectivity index (χ4n) is 2.79. The van der Waals surface area contributed by atoms with Crippen molar-refractivity contribution in [3.05, 3.63) is 21.9 Å². The molecule has 21 heavy (non-hydrogen) atoms. The second-order valence-corrected chi connectivity index (χ2v) is 7.37. The molecule has 5 heteroatoms. The number of amides is 1. The molecule has 0 fully saturated rings. The third kappa shape index (κ3) is 2.84. The van der Waals surface area contributed by atoms with Crippen LogP contribution < -0.4 is 0 Å². The number of hydrogen-bond donors (Lipinski definition) is 1. The first-order chi connectivity index (χ1) is 9.77. The number of rotatable bonds is 4. The molecule has 0 aliphatic carbocycles. The molecule has 4 nitrogen and oxygen atoms in total. The van der Waals surface area contributed by atoms with E-state index in [1.165, 1.54) is 10.4 Å². The van der Waals surface area contributed by atoms with Gasteiger partial charge in [0.25, 0.3) is 0 Å². The highest BCUT2D eigenvalue weighted by Gasteiger charge is 2.41. The zero-order valence-corrected chi connectivity index (χ0v) is 13.9. The summed E-state index contributed by atoms with van der Waals surface area (Å²) in [7, 11) is 0. The van der Waals surface area contributed by atoms with Gasteiger partial charge >= 0.3 is 5.97 Å². The van der Waals surface area contributed by atoms with E-state index in [4.69, 9.17) is 0 Å². The Labute approximate surface area is 129 Å². The summed E-state index contributed by atoms with van der Waals surface area (Å²) < 4.78 is 0. The SMILES string of the molecule is CC1c2ccsc2CCN1C(=O)CC(C)(C(=O)O)C(C)C. The third-order valence-corrected chi connectivity index (χ3v) is 5.88. The average molecular weight is 309 g/mol. The van der Waals surface area contributed by atoms with Crippen molar-refractivity contribution in [3.63, 3.8) is 0 Å². The van der Waals surface area contributed by atoms with Gasteiger partial charge < -0.3 is 10.0 Å². The molecule has 2 rings (SSSR count). The van der Waals surface area contributed by atoms with Crippen LogP contribution in [0.25, 0.3) is 0 Å². The van der Waals surface area contributed by atoms with Crippen LogP contribution >= 0.6 is 11.3 Å². The maximum Gasteiger partial charge on any atom is 0.310 e. The molecule has 0 aromatic carbocycles. The fourth-order valence-corrected chi connectivity index (χ4v) is 3.76. The topological polar surface area (TPSA) is 57.6 Å². The van der Waals surface area contributed by atoms with Gasteiger partial charge in [0.2, 0.25) is 5.91 Å². The molecule has 1 aliphatic heterocycles. The van der Waals surface area contributed by atoms with Crippen LogP contribution in [0.1, 0.15) is 50.6 Å². The first-order valence-electron chi connectivity index (χ1n) is 7.36. The number of fused-ring (bicyclic) bond motifs is 1. The van der Waals surface area contributed by atoms with E-state index in [0.29, 0.717) is 6.54 Å². The Kier molecular flexibility index (Phi) is 4.42. The molecule has 0 spiro atoms. The van der Waals surface area contributed by atoms with Crippen LogP contribution in [0.4, 0.5) is 0 Å². The quantitative estimate of drug-likeness (QED) is 0.928. The Bertz CT molecular complexity index is 551. The zero-order valence-electron chi connectivity index (χ0n) is 13.0. The standard InChI is InChI=1S/C16H23NO3S/c1-10(2)16(4,15(19)20)9-14(18)17-7-5-13-12(11(17)3)6-8-21-13/h6,8,10-11H,5,7,9H2,1-4H3,(H,19,20). The van der Waals surface area contributed by atoms with Crippen molar-refractivity contribution < 1.29 is 14.7 Å². The van der Waals surface area contributed by atoms with Crippen molar-refractivity contribution in [2.45, 2.75) is 46.6 Å². The minimum atomic E-state index is -1.01. The molecule has 1 amide bonds. The number of aliphatic carboxylic acids is 1. The molecule has 1 aliphatic rings. The number of nitrogens with zero attached hydrogens (tertiary/aromatic N) is 1. The molecule has 116 valence electrons. The lowest BCUT2D eigenvalue weighted by Crippen LogP contribution is -2.44. The highest BCUT2D eigenvalue weighted by Crippen LogP contribution is 2.36. The van der Waals surface area contributed by atoms with Crippen LogP contribution in [0.2, 0.25) is 0 Å². The lowest BCUT2D eigenvalue weighted by Gasteiger charge is -2.37. The van der Waals surface area contributed by atoms with Crippen LogP contribution in [-0.4, -0.2) is 28.4 Å². The van der Waals surface area contributed by atoms with Crippen molar-refractivity contribution in [2.24, 2.45) is 11.3 Å². The molecule has 1 aromatic rings. The third-order valence-electron chi connectivity index (χ3n) is 4.88. The maximum absolute atomic E-state index is 12.6. The van der Waals surface area contributed by atoms with Crippen molar-refractivity contribution in [3.8, 4) is 0 Å². The highest BCUT2D eigenvalue weighted by molar-refractivity contribution is 7.10. The minimum Gasteiger partial charge on any atom is -0.481 e. The number of carboxylic acid groups (broad SMARTS) is 1. The summed E-state index contributed by atoms with van der Waals surface area (Å²) >= 11 is 1.73. The number of carboxylic acids is 1. The van der Waals surface area contributed by atoms with E-state index >= 15 is 0 Å². The van der Waals surface area contributed by atoms with E-state index in [9.17, 15) is 14.7 Å². The number of carbonyl (C=O) groups excluding carboxylic acids is 1.